The van der Waals surface area contributed by atoms with Crippen LogP contribution < -0.4 is 0 Å². The average molecular weight is 261 g/mol. The van der Waals surface area contributed by atoms with Crippen molar-refractivity contribution in [2.75, 3.05) is 13.1 Å². The monoisotopic (exact) mass is 261 g/mol. The molecule has 1 atom stereocenters. The lowest BCUT2D eigenvalue weighted by atomic mass is 9.92. The molecule has 0 bridgehead atoms. The Labute approximate surface area is 115 Å². The zero-order valence-electron chi connectivity index (χ0n) is 11.8. The first-order valence-corrected chi connectivity index (χ1v) is 7.15. The smallest absolute Gasteiger partial charge is 0.306 e. The fourth-order valence-electron chi connectivity index (χ4n) is 3.09. The van der Waals surface area contributed by atoms with E-state index in [1.165, 1.54) is 11.1 Å². The Morgan fingerprint density at radius 2 is 2.00 bits per heavy atom. The van der Waals surface area contributed by atoms with Gasteiger partial charge < -0.3 is 5.11 Å². The number of aryl methyl sites for hydroxylation is 1. The van der Waals surface area contributed by atoms with E-state index >= 15 is 0 Å². The predicted octanol–water partition coefficient (Wildman–Crippen LogP) is 3.24. The Morgan fingerprint density at radius 1 is 1.37 bits per heavy atom. The molecule has 0 aliphatic carbocycles. The number of carbonyl (C=O) groups is 1. The van der Waals surface area contributed by atoms with Crippen LogP contribution in [0.15, 0.2) is 24.3 Å². The van der Waals surface area contributed by atoms with Crippen LogP contribution in [0, 0.1) is 12.8 Å². The highest BCUT2D eigenvalue weighted by molar-refractivity contribution is 5.70. The minimum Gasteiger partial charge on any atom is -0.481 e. The summed E-state index contributed by atoms with van der Waals surface area (Å²) in [5.41, 5.74) is 2.72. The van der Waals surface area contributed by atoms with Crippen LogP contribution in [-0.2, 0) is 4.79 Å². The number of benzene rings is 1. The van der Waals surface area contributed by atoms with Gasteiger partial charge in [0.05, 0.1) is 5.92 Å². The number of carboxylic acids is 1. The van der Waals surface area contributed by atoms with Gasteiger partial charge in [-0.05, 0) is 50.4 Å². The maximum Gasteiger partial charge on any atom is 0.306 e. The summed E-state index contributed by atoms with van der Waals surface area (Å²) >= 11 is 0. The average Bonchev–Trinajstić information content (AvgIpc) is 2.42. The maximum atomic E-state index is 11.0. The van der Waals surface area contributed by atoms with Gasteiger partial charge in [0.2, 0.25) is 0 Å². The molecular weight excluding hydrogens is 238 g/mol. The van der Waals surface area contributed by atoms with Crippen LogP contribution in [0.1, 0.15) is 43.4 Å². The number of nitrogens with zero attached hydrogens (tertiary/aromatic N) is 1. The molecule has 1 aromatic rings. The maximum absolute atomic E-state index is 11.0. The van der Waals surface area contributed by atoms with Crippen molar-refractivity contribution in [3.63, 3.8) is 0 Å². The molecule has 0 aromatic heterocycles. The zero-order chi connectivity index (χ0) is 13.8. The van der Waals surface area contributed by atoms with Crippen LogP contribution >= 0.6 is 0 Å². The van der Waals surface area contributed by atoms with Crippen LogP contribution in [0.5, 0.6) is 0 Å². The molecule has 1 unspecified atom stereocenters. The molecule has 19 heavy (non-hydrogen) atoms. The summed E-state index contributed by atoms with van der Waals surface area (Å²) in [7, 11) is 0. The van der Waals surface area contributed by atoms with Crippen molar-refractivity contribution in [2.24, 2.45) is 5.92 Å². The molecule has 1 aromatic carbocycles. The predicted molar refractivity (Wildman–Crippen MR) is 76.1 cm³/mol. The molecule has 0 amide bonds. The van der Waals surface area contributed by atoms with Crippen molar-refractivity contribution >= 4 is 5.97 Å². The fourth-order valence-corrected chi connectivity index (χ4v) is 3.09. The number of piperidine rings is 1. The Morgan fingerprint density at radius 3 is 2.53 bits per heavy atom. The van der Waals surface area contributed by atoms with Crippen LogP contribution in [0.3, 0.4) is 0 Å². The van der Waals surface area contributed by atoms with Crippen LogP contribution in [0.4, 0.5) is 0 Å². The molecule has 1 aliphatic heterocycles. The second kappa shape index (κ2) is 6.20. The van der Waals surface area contributed by atoms with Gasteiger partial charge >= 0.3 is 5.97 Å². The molecule has 1 aliphatic rings. The van der Waals surface area contributed by atoms with Crippen LogP contribution in [-0.4, -0.2) is 29.1 Å². The van der Waals surface area contributed by atoms with Crippen molar-refractivity contribution in [3.8, 4) is 0 Å². The van der Waals surface area contributed by atoms with E-state index in [0.29, 0.717) is 6.04 Å². The Hall–Kier alpha value is -1.35. The molecule has 0 radical (unpaired) electrons. The van der Waals surface area contributed by atoms with E-state index < -0.39 is 5.97 Å². The highest BCUT2D eigenvalue weighted by atomic mass is 16.4. The number of hydrogen-bond donors (Lipinski definition) is 1. The lowest BCUT2D eigenvalue weighted by molar-refractivity contribution is -0.143. The lowest BCUT2D eigenvalue weighted by Gasteiger charge is -2.37. The van der Waals surface area contributed by atoms with E-state index in [-0.39, 0.29) is 5.92 Å². The first-order chi connectivity index (χ1) is 9.13. The van der Waals surface area contributed by atoms with Gasteiger partial charge in [0.15, 0.2) is 0 Å². The second-order valence-corrected chi connectivity index (χ2v) is 5.43. The summed E-state index contributed by atoms with van der Waals surface area (Å²) in [4.78, 5) is 13.5. The molecule has 3 nitrogen and oxygen atoms in total. The molecule has 2 rings (SSSR count). The largest absolute Gasteiger partial charge is 0.481 e. The van der Waals surface area contributed by atoms with Crippen molar-refractivity contribution in [1.82, 2.24) is 4.90 Å². The summed E-state index contributed by atoms with van der Waals surface area (Å²) < 4.78 is 0. The third kappa shape index (κ3) is 3.16. The summed E-state index contributed by atoms with van der Waals surface area (Å²) in [6.45, 7) is 6.15. The molecule has 1 saturated heterocycles. The number of carboxylic acid groups (broad SMARTS) is 1. The molecule has 1 fully saturated rings. The Balaban J connectivity index is 2.08. The normalized spacial score (nSPS) is 19.3. The summed E-state index contributed by atoms with van der Waals surface area (Å²) in [5.74, 6) is -0.783. The molecule has 1 heterocycles. The minimum absolute atomic E-state index is 0.148. The highest BCUT2D eigenvalue weighted by Gasteiger charge is 2.28. The number of rotatable bonds is 4. The molecule has 3 heteroatoms. The van der Waals surface area contributed by atoms with Crippen LogP contribution in [0.2, 0.25) is 0 Å². The topological polar surface area (TPSA) is 40.5 Å². The highest BCUT2D eigenvalue weighted by Crippen LogP contribution is 2.30. The van der Waals surface area contributed by atoms with Crippen LogP contribution in [0.25, 0.3) is 0 Å². The van der Waals surface area contributed by atoms with Gasteiger partial charge in [0.25, 0.3) is 0 Å². The summed E-state index contributed by atoms with van der Waals surface area (Å²) in [5, 5.41) is 9.06. The first-order valence-electron chi connectivity index (χ1n) is 7.15. The Kier molecular flexibility index (Phi) is 4.59. The third-order valence-corrected chi connectivity index (χ3v) is 4.25. The van der Waals surface area contributed by atoms with Gasteiger partial charge in [-0.2, -0.15) is 0 Å². The van der Waals surface area contributed by atoms with Gasteiger partial charge in [-0.1, -0.05) is 31.2 Å². The van der Waals surface area contributed by atoms with Gasteiger partial charge in [-0.25, -0.2) is 0 Å². The van der Waals surface area contributed by atoms with Gasteiger partial charge in [0.1, 0.15) is 0 Å². The second-order valence-electron chi connectivity index (χ2n) is 5.43. The molecule has 104 valence electrons. The third-order valence-electron chi connectivity index (χ3n) is 4.25. The van der Waals surface area contributed by atoms with E-state index in [0.717, 1.165) is 32.4 Å². The van der Waals surface area contributed by atoms with E-state index in [2.05, 4.69) is 43.0 Å². The number of aliphatic carboxylic acids is 1. The van der Waals surface area contributed by atoms with Gasteiger partial charge in [0, 0.05) is 6.04 Å². The lowest BCUT2D eigenvalue weighted by Crippen LogP contribution is -2.38. The van der Waals surface area contributed by atoms with E-state index in [9.17, 15) is 4.79 Å². The van der Waals surface area contributed by atoms with E-state index in [1.807, 2.05) is 0 Å². The number of hydrogen-bond acceptors (Lipinski definition) is 2. The van der Waals surface area contributed by atoms with Crippen molar-refractivity contribution < 1.29 is 9.90 Å². The molecule has 0 saturated carbocycles. The zero-order valence-corrected chi connectivity index (χ0v) is 11.8. The van der Waals surface area contributed by atoms with Crippen molar-refractivity contribution in [2.45, 2.75) is 39.2 Å². The fraction of sp³-hybridized carbons (Fsp3) is 0.562. The standard InChI is InChI=1S/C16H23NO2/c1-3-15(14-7-5-4-6-12(14)2)17-10-8-13(9-11-17)16(18)19/h4-7,13,15H,3,8-11H2,1-2H3,(H,18,19). The summed E-state index contributed by atoms with van der Waals surface area (Å²) in [6, 6.07) is 8.95. The summed E-state index contributed by atoms with van der Waals surface area (Å²) in [6.07, 6.45) is 2.62. The number of likely N-dealkylation sites (tertiary alicyclic amines) is 1. The van der Waals surface area contributed by atoms with Gasteiger partial charge in [-0.15, -0.1) is 0 Å². The van der Waals surface area contributed by atoms with E-state index in [4.69, 9.17) is 5.11 Å². The Bertz CT molecular complexity index is 436. The van der Waals surface area contributed by atoms with Gasteiger partial charge in [-0.3, -0.25) is 9.69 Å². The van der Waals surface area contributed by atoms with Crippen molar-refractivity contribution in [1.29, 1.82) is 0 Å². The molecule has 0 spiro atoms. The quantitative estimate of drug-likeness (QED) is 0.904. The first kappa shape index (κ1) is 14.1. The molecule has 1 N–H and O–H groups in total. The van der Waals surface area contributed by atoms with E-state index in [1.54, 1.807) is 0 Å². The molecular formula is C16H23NO2. The van der Waals surface area contributed by atoms with Crippen molar-refractivity contribution in [3.05, 3.63) is 35.4 Å². The minimum atomic E-state index is -0.636. The SMILES string of the molecule is CCC(c1ccccc1C)N1CCC(C(=O)O)CC1.